The van der Waals surface area contributed by atoms with Crippen LogP contribution < -0.4 is 14.8 Å². The molecule has 0 radical (unpaired) electrons. The van der Waals surface area contributed by atoms with E-state index in [1.807, 2.05) is 18.2 Å². The smallest absolute Gasteiger partial charge is 0.231 e. The topological polar surface area (TPSA) is 78.3 Å². The summed E-state index contributed by atoms with van der Waals surface area (Å²) >= 11 is 0. The molecule has 0 fully saturated rings. The minimum Gasteiger partial charge on any atom is -0.454 e. The molecule has 1 atom stereocenters. The molecule has 0 spiro atoms. The number of hydrogen-bond acceptors (Lipinski definition) is 6. The summed E-state index contributed by atoms with van der Waals surface area (Å²) in [7, 11) is 0. The summed E-state index contributed by atoms with van der Waals surface area (Å²) in [5.74, 6) is 2.27. The Bertz CT molecular complexity index is 855. The van der Waals surface area contributed by atoms with Crippen molar-refractivity contribution in [3.8, 4) is 11.5 Å². The lowest BCUT2D eigenvalue weighted by molar-refractivity contribution is -0.116. The number of allylic oxidation sites excluding steroid dienone is 2. The van der Waals surface area contributed by atoms with Gasteiger partial charge in [-0.2, -0.15) is 10.1 Å². The third-order valence-electron chi connectivity index (χ3n) is 4.52. The summed E-state index contributed by atoms with van der Waals surface area (Å²) in [5.41, 5.74) is 2.70. The Labute approximate surface area is 131 Å². The number of benzene rings is 1. The molecule has 1 N–H and O–H groups in total. The highest BCUT2D eigenvalue weighted by molar-refractivity contribution is 5.99. The number of nitrogens with zero attached hydrogens (tertiary/aromatic N) is 3. The predicted molar refractivity (Wildman–Crippen MR) is 80.2 cm³/mol. The first-order valence-corrected chi connectivity index (χ1v) is 7.63. The highest BCUT2D eigenvalue weighted by atomic mass is 16.7. The van der Waals surface area contributed by atoms with E-state index in [1.54, 1.807) is 4.68 Å². The van der Waals surface area contributed by atoms with E-state index in [2.05, 4.69) is 15.4 Å². The zero-order valence-corrected chi connectivity index (χ0v) is 12.3. The third-order valence-corrected chi connectivity index (χ3v) is 4.52. The molecular formula is C16H14N4O3. The first-order valence-electron chi connectivity index (χ1n) is 7.63. The first kappa shape index (κ1) is 12.7. The molecule has 7 heteroatoms. The van der Waals surface area contributed by atoms with E-state index in [-0.39, 0.29) is 18.6 Å². The van der Waals surface area contributed by atoms with Crippen LogP contribution in [0.4, 0.5) is 5.95 Å². The van der Waals surface area contributed by atoms with E-state index in [0.29, 0.717) is 18.1 Å². The van der Waals surface area contributed by atoms with Crippen molar-refractivity contribution in [2.75, 3.05) is 12.1 Å². The van der Waals surface area contributed by atoms with E-state index in [4.69, 9.17) is 9.47 Å². The van der Waals surface area contributed by atoms with Crippen LogP contribution in [0.3, 0.4) is 0 Å². The van der Waals surface area contributed by atoms with Gasteiger partial charge in [0.25, 0.3) is 0 Å². The Balaban J connectivity index is 1.70. The van der Waals surface area contributed by atoms with Crippen LogP contribution in [0.5, 0.6) is 11.5 Å². The second kappa shape index (κ2) is 4.58. The van der Waals surface area contributed by atoms with Gasteiger partial charge in [0, 0.05) is 17.7 Å². The number of hydrogen-bond donors (Lipinski definition) is 1. The summed E-state index contributed by atoms with van der Waals surface area (Å²) in [6.07, 6.45) is 3.80. The summed E-state index contributed by atoms with van der Waals surface area (Å²) in [4.78, 5) is 16.8. The molecule has 2 aromatic rings. The summed E-state index contributed by atoms with van der Waals surface area (Å²) in [5, 5.41) is 7.57. The minimum absolute atomic E-state index is 0.169. The van der Waals surface area contributed by atoms with Gasteiger partial charge in [0.05, 0.1) is 0 Å². The maximum absolute atomic E-state index is 12.6. The standard InChI is InChI=1S/C16H14N4O3/c21-11-3-1-2-10-14(11)15(20-16(19-10)17-7-18-20)9-4-5-12-13(6-9)23-8-22-12/h4-7,15H,1-3,8H2,(H,17,18,19)/t15-/m0/s1. The second-order valence-corrected chi connectivity index (χ2v) is 5.84. The van der Waals surface area contributed by atoms with Crippen molar-refractivity contribution in [1.82, 2.24) is 14.8 Å². The fourth-order valence-corrected chi connectivity index (χ4v) is 3.49. The molecule has 0 amide bonds. The Morgan fingerprint density at radius 2 is 2.13 bits per heavy atom. The number of aromatic nitrogens is 3. The molecule has 3 aliphatic rings. The van der Waals surface area contributed by atoms with Gasteiger partial charge in [-0.15, -0.1) is 0 Å². The lowest BCUT2D eigenvalue weighted by atomic mass is 9.85. The number of carbonyl (C=O) groups excluding carboxylic acids is 1. The molecule has 2 aliphatic heterocycles. The predicted octanol–water partition coefficient (Wildman–Crippen LogP) is 2.03. The quantitative estimate of drug-likeness (QED) is 0.868. The van der Waals surface area contributed by atoms with Gasteiger partial charge in [-0.3, -0.25) is 4.79 Å². The Morgan fingerprint density at radius 1 is 1.22 bits per heavy atom. The van der Waals surface area contributed by atoms with E-state index in [1.165, 1.54) is 6.33 Å². The molecule has 3 heterocycles. The summed E-state index contributed by atoms with van der Waals surface area (Å²) < 4.78 is 12.6. The largest absolute Gasteiger partial charge is 0.454 e. The van der Waals surface area contributed by atoms with Crippen LogP contribution in [0.25, 0.3) is 0 Å². The van der Waals surface area contributed by atoms with Crippen LogP contribution >= 0.6 is 0 Å². The molecular weight excluding hydrogens is 296 g/mol. The second-order valence-electron chi connectivity index (χ2n) is 5.84. The van der Waals surface area contributed by atoms with Gasteiger partial charge in [0.1, 0.15) is 12.4 Å². The van der Waals surface area contributed by atoms with E-state index in [9.17, 15) is 4.79 Å². The number of nitrogens with one attached hydrogen (secondary N) is 1. The molecule has 1 aliphatic carbocycles. The van der Waals surface area contributed by atoms with Crippen molar-refractivity contribution in [3.63, 3.8) is 0 Å². The van der Waals surface area contributed by atoms with Gasteiger partial charge in [0.2, 0.25) is 12.7 Å². The number of anilines is 1. The van der Waals surface area contributed by atoms with Crippen LogP contribution in [0, 0.1) is 0 Å². The molecule has 23 heavy (non-hydrogen) atoms. The van der Waals surface area contributed by atoms with Crippen LogP contribution in [-0.2, 0) is 4.79 Å². The lowest BCUT2D eigenvalue weighted by Gasteiger charge is -2.32. The highest BCUT2D eigenvalue weighted by Gasteiger charge is 2.36. The molecule has 0 bridgehead atoms. The lowest BCUT2D eigenvalue weighted by Crippen LogP contribution is -2.31. The van der Waals surface area contributed by atoms with Crippen molar-refractivity contribution in [1.29, 1.82) is 0 Å². The average molecular weight is 310 g/mol. The normalized spacial score (nSPS) is 21.7. The number of ether oxygens (including phenoxy) is 2. The molecule has 7 nitrogen and oxygen atoms in total. The number of ketones is 1. The minimum atomic E-state index is -0.272. The fraction of sp³-hybridized carbons (Fsp3) is 0.312. The van der Waals surface area contributed by atoms with Gasteiger partial charge in [-0.05, 0) is 30.5 Å². The van der Waals surface area contributed by atoms with Crippen molar-refractivity contribution >= 4 is 11.7 Å². The Kier molecular flexibility index (Phi) is 2.53. The van der Waals surface area contributed by atoms with Gasteiger partial charge >= 0.3 is 0 Å². The van der Waals surface area contributed by atoms with Gasteiger partial charge in [0.15, 0.2) is 17.3 Å². The van der Waals surface area contributed by atoms with E-state index < -0.39 is 0 Å². The maximum Gasteiger partial charge on any atom is 0.231 e. The van der Waals surface area contributed by atoms with Crippen LogP contribution in [0.2, 0.25) is 0 Å². The van der Waals surface area contributed by atoms with Gasteiger partial charge in [-0.1, -0.05) is 6.07 Å². The zero-order chi connectivity index (χ0) is 15.4. The van der Waals surface area contributed by atoms with Crippen molar-refractivity contribution in [2.45, 2.75) is 25.3 Å². The molecule has 0 unspecified atom stereocenters. The van der Waals surface area contributed by atoms with E-state index in [0.717, 1.165) is 35.4 Å². The molecule has 116 valence electrons. The molecule has 1 aromatic heterocycles. The number of Topliss-reactive ketones (excluding diaryl/α,β-unsaturated/α-hetero) is 1. The van der Waals surface area contributed by atoms with Crippen LogP contribution in [0.15, 0.2) is 35.8 Å². The number of rotatable bonds is 1. The zero-order valence-electron chi connectivity index (χ0n) is 12.3. The highest BCUT2D eigenvalue weighted by Crippen LogP contribution is 2.42. The van der Waals surface area contributed by atoms with E-state index >= 15 is 0 Å². The summed E-state index contributed by atoms with van der Waals surface area (Å²) in [6.45, 7) is 0.229. The first-order chi connectivity index (χ1) is 11.3. The monoisotopic (exact) mass is 310 g/mol. The summed E-state index contributed by atoms with van der Waals surface area (Å²) in [6, 6.07) is 5.49. The Morgan fingerprint density at radius 3 is 3.09 bits per heavy atom. The molecule has 5 rings (SSSR count). The van der Waals surface area contributed by atoms with Gasteiger partial charge < -0.3 is 14.8 Å². The van der Waals surface area contributed by atoms with Crippen LogP contribution in [-0.4, -0.2) is 27.3 Å². The maximum atomic E-state index is 12.6. The SMILES string of the molecule is O=C1CCCC2=C1[C@H](c1ccc3c(c1)OCO3)n1ncnc1N2. The third kappa shape index (κ3) is 1.79. The van der Waals surface area contributed by atoms with Crippen LogP contribution in [0.1, 0.15) is 30.9 Å². The fourth-order valence-electron chi connectivity index (χ4n) is 3.49. The van der Waals surface area contributed by atoms with Gasteiger partial charge in [-0.25, -0.2) is 4.68 Å². The number of fused-ring (bicyclic) bond motifs is 2. The van der Waals surface area contributed by atoms with Crippen molar-refractivity contribution < 1.29 is 14.3 Å². The van der Waals surface area contributed by atoms with Crippen molar-refractivity contribution in [2.24, 2.45) is 0 Å². The Hall–Kier alpha value is -2.83. The molecule has 0 saturated carbocycles. The number of carbonyl (C=O) groups is 1. The van der Waals surface area contributed by atoms with Crippen molar-refractivity contribution in [3.05, 3.63) is 41.4 Å². The molecule has 1 aromatic carbocycles. The average Bonchev–Trinajstić information content (AvgIpc) is 3.21. The molecule has 0 saturated heterocycles.